The van der Waals surface area contributed by atoms with Gasteiger partial charge >= 0.3 is 5.97 Å². The quantitative estimate of drug-likeness (QED) is 0.773. The van der Waals surface area contributed by atoms with E-state index in [9.17, 15) is 4.79 Å². The SMILES string of the molecule is CCOC(=O)C1(N2CCCNCC2)CCN(C)C(C)C1. The van der Waals surface area contributed by atoms with Crippen LogP contribution in [0.3, 0.4) is 0 Å². The maximum atomic E-state index is 12.7. The van der Waals surface area contributed by atoms with E-state index in [0.717, 1.165) is 52.0 Å². The van der Waals surface area contributed by atoms with Crippen LogP contribution in [-0.4, -0.2) is 73.7 Å². The second-order valence-electron chi connectivity index (χ2n) is 6.13. The van der Waals surface area contributed by atoms with Crippen molar-refractivity contribution in [3.63, 3.8) is 0 Å². The first-order valence-electron chi connectivity index (χ1n) is 7.93. The van der Waals surface area contributed by atoms with Crippen LogP contribution in [0.1, 0.15) is 33.1 Å². The van der Waals surface area contributed by atoms with Gasteiger partial charge in [0.15, 0.2) is 0 Å². The summed E-state index contributed by atoms with van der Waals surface area (Å²) in [5.74, 6) is -0.0122. The molecule has 1 N–H and O–H groups in total. The molecule has 2 heterocycles. The average molecular weight is 283 g/mol. The van der Waals surface area contributed by atoms with Gasteiger partial charge < -0.3 is 15.0 Å². The second-order valence-corrected chi connectivity index (χ2v) is 6.13. The zero-order valence-corrected chi connectivity index (χ0v) is 13.2. The highest BCUT2D eigenvalue weighted by atomic mass is 16.5. The van der Waals surface area contributed by atoms with Crippen LogP contribution in [0.2, 0.25) is 0 Å². The number of ether oxygens (including phenoxy) is 1. The molecule has 5 heteroatoms. The highest BCUT2D eigenvalue weighted by Gasteiger charge is 2.48. The molecule has 0 bridgehead atoms. The number of nitrogens with one attached hydrogen (secondary N) is 1. The molecule has 2 unspecified atom stereocenters. The molecule has 2 saturated heterocycles. The molecule has 20 heavy (non-hydrogen) atoms. The maximum Gasteiger partial charge on any atom is 0.326 e. The first kappa shape index (κ1) is 15.7. The molecule has 2 fully saturated rings. The third-order valence-electron chi connectivity index (χ3n) is 4.86. The minimum Gasteiger partial charge on any atom is -0.465 e. The predicted octanol–water partition coefficient (Wildman–Crippen LogP) is 0.698. The lowest BCUT2D eigenvalue weighted by molar-refractivity contribution is -0.163. The molecule has 2 aliphatic heterocycles. The monoisotopic (exact) mass is 283 g/mol. The van der Waals surface area contributed by atoms with Crippen LogP contribution in [0.25, 0.3) is 0 Å². The summed E-state index contributed by atoms with van der Waals surface area (Å²) in [6, 6.07) is 0.421. The summed E-state index contributed by atoms with van der Waals surface area (Å²) in [6.45, 7) is 9.48. The Kier molecular flexibility index (Phi) is 5.41. The molecule has 0 radical (unpaired) electrons. The molecule has 2 aliphatic rings. The maximum absolute atomic E-state index is 12.7. The predicted molar refractivity (Wildman–Crippen MR) is 79.7 cm³/mol. The van der Waals surface area contributed by atoms with Crippen LogP contribution in [0, 0.1) is 0 Å². The molecule has 0 amide bonds. The van der Waals surface area contributed by atoms with Crippen LogP contribution in [0.5, 0.6) is 0 Å². The van der Waals surface area contributed by atoms with Crippen molar-refractivity contribution in [3.8, 4) is 0 Å². The van der Waals surface area contributed by atoms with Gasteiger partial charge in [-0.15, -0.1) is 0 Å². The summed E-state index contributed by atoms with van der Waals surface area (Å²) in [6.07, 6.45) is 2.86. The fraction of sp³-hybridized carbons (Fsp3) is 0.933. The topological polar surface area (TPSA) is 44.8 Å². The molecular weight excluding hydrogens is 254 g/mol. The van der Waals surface area contributed by atoms with Crippen LogP contribution in [0.15, 0.2) is 0 Å². The van der Waals surface area contributed by atoms with E-state index < -0.39 is 5.54 Å². The minimum atomic E-state index is -0.409. The largest absolute Gasteiger partial charge is 0.465 e. The first-order valence-corrected chi connectivity index (χ1v) is 7.93. The van der Waals surface area contributed by atoms with E-state index in [2.05, 4.69) is 29.1 Å². The van der Waals surface area contributed by atoms with Gasteiger partial charge in [0, 0.05) is 32.2 Å². The molecule has 116 valence electrons. The Balaban J connectivity index is 2.20. The van der Waals surface area contributed by atoms with E-state index in [0.29, 0.717) is 12.6 Å². The Bertz CT molecular complexity index is 329. The highest BCUT2D eigenvalue weighted by molar-refractivity contribution is 5.81. The zero-order chi connectivity index (χ0) is 14.6. The molecule has 0 aromatic rings. The van der Waals surface area contributed by atoms with Gasteiger partial charge in [0.1, 0.15) is 5.54 Å². The second kappa shape index (κ2) is 6.87. The number of piperidine rings is 1. The van der Waals surface area contributed by atoms with Gasteiger partial charge in [-0.3, -0.25) is 9.69 Å². The summed E-state index contributed by atoms with van der Waals surface area (Å²) in [5, 5.41) is 3.42. The Hall–Kier alpha value is -0.650. The Morgan fingerprint density at radius 3 is 2.85 bits per heavy atom. The van der Waals surface area contributed by atoms with E-state index in [1.54, 1.807) is 0 Å². The average Bonchev–Trinajstić information content (AvgIpc) is 2.71. The van der Waals surface area contributed by atoms with Crippen LogP contribution >= 0.6 is 0 Å². The Morgan fingerprint density at radius 1 is 1.35 bits per heavy atom. The van der Waals surface area contributed by atoms with Crippen LogP contribution in [0.4, 0.5) is 0 Å². The molecule has 5 nitrogen and oxygen atoms in total. The number of rotatable bonds is 3. The number of carbonyl (C=O) groups is 1. The lowest BCUT2D eigenvalue weighted by atomic mass is 9.81. The smallest absolute Gasteiger partial charge is 0.326 e. The fourth-order valence-electron chi connectivity index (χ4n) is 3.47. The fourth-order valence-corrected chi connectivity index (χ4v) is 3.47. The zero-order valence-electron chi connectivity index (χ0n) is 13.2. The van der Waals surface area contributed by atoms with Crippen LogP contribution in [-0.2, 0) is 9.53 Å². The molecule has 0 aromatic carbocycles. The van der Waals surface area contributed by atoms with Gasteiger partial charge in [0.25, 0.3) is 0 Å². The molecule has 0 aliphatic carbocycles. The third kappa shape index (κ3) is 3.15. The number of esters is 1. The number of hydrogen-bond acceptors (Lipinski definition) is 5. The molecule has 2 atom stereocenters. The van der Waals surface area contributed by atoms with Crippen molar-refractivity contribution in [2.24, 2.45) is 0 Å². The van der Waals surface area contributed by atoms with E-state index in [1.165, 1.54) is 0 Å². The van der Waals surface area contributed by atoms with Crippen molar-refractivity contribution in [3.05, 3.63) is 0 Å². The van der Waals surface area contributed by atoms with E-state index in [4.69, 9.17) is 4.74 Å². The van der Waals surface area contributed by atoms with Crippen molar-refractivity contribution in [2.45, 2.75) is 44.7 Å². The van der Waals surface area contributed by atoms with Crippen molar-refractivity contribution >= 4 is 5.97 Å². The lowest BCUT2D eigenvalue weighted by Crippen LogP contribution is -2.62. The standard InChI is InChI=1S/C15H29N3O2/c1-4-20-14(19)15(6-10-17(3)13(2)12-15)18-9-5-7-16-8-11-18/h13,16H,4-12H2,1-3H3. The highest BCUT2D eigenvalue weighted by Crippen LogP contribution is 2.33. The molecule has 0 saturated carbocycles. The minimum absolute atomic E-state index is 0.0122. The van der Waals surface area contributed by atoms with Gasteiger partial charge in [0.05, 0.1) is 6.61 Å². The first-order chi connectivity index (χ1) is 9.60. The lowest BCUT2D eigenvalue weighted by Gasteiger charge is -2.48. The Labute approximate surface area is 122 Å². The number of nitrogens with zero attached hydrogens (tertiary/aromatic N) is 2. The van der Waals surface area contributed by atoms with Gasteiger partial charge in [-0.2, -0.15) is 0 Å². The molecule has 0 aromatic heterocycles. The summed E-state index contributed by atoms with van der Waals surface area (Å²) < 4.78 is 5.44. The van der Waals surface area contributed by atoms with Gasteiger partial charge in [0.2, 0.25) is 0 Å². The number of carbonyl (C=O) groups excluding carboxylic acids is 1. The Morgan fingerprint density at radius 2 is 2.15 bits per heavy atom. The van der Waals surface area contributed by atoms with Gasteiger partial charge in [-0.25, -0.2) is 0 Å². The summed E-state index contributed by atoms with van der Waals surface area (Å²) >= 11 is 0. The van der Waals surface area contributed by atoms with E-state index in [1.807, 2.05) is 6.92 Å². The normalized spacial score (nSPS) is 33.6. The van der Waals surface area contributed by atoms with E-state index >= 15 is 0 Å². The van der Waals surface area contributed by atoms with Gasteiger partial charge in [-0.05, 0) is 46.7 Å². The number of likely N-dealkylation sites (tertiary alicyclic amines) is 1. The van der Waals surface area contributed by atoms with Crippen molar-refractivity contribution in [1.82, 2.24) is 15.1 Å². The van der Waals surface area contributed by atoms with Crippen LogP contribution < -0.4 is 5.32 Å². The molecule has 2 rings (SSSR count). The summed E-state index contributed by atoms with van der Waals surface area (Å²) in [5.41, 5.74) is -0.409. The summed E-state index contributed by atoms with van der Waals surface area (Å²) in [7, 11) is 2.14. The number of hydrogen-bond donors (Lipinski definition) is 1. The van der Waals surface area contributed by atoms with Crippen molar-refractivity contribution in [2.75, 3.05) is 46.4 Å². The van der Waals surface area contributed by atoms with Crippen molar-refractivity contribution in [1.29, 1.82) is 0 Å². The van der Waals surface area contributed by atoms with E-state index in [-0.39, 0.29) is 5.97 Å². The molecular formula is C15H29N3O2. The van der Waals surface area contributed by atoms with Gasteiger partial charge in [-0.1, -0.05) is 0 Å². The summed E-state index contributed by atoms with van der Waals surface area (Å²) in [4.78, 5) is 17.4. The third-order valence-corrected chi connectivity index (χ3v) is 4.86. The molecule has 0 spiro atoms. The van der Waals surface area contributed by atoms with Crippen molar-refractivity contribution < 1.29 is 9.53 Å².